The van der Waals surface area contributed by atoms with Crippen molar-refractivity contribution in [2.24, 2.45) is 5.92 Å². The first-order chi connectivity index (χ1) is 15.1. The van der Waals surface area contributed by atoms with Gasteiger partial charge in [0.05, 0.1) is 18.1 Å². The second-order valence-electron chi connectivity index (χ2n) is 9.15. The zero-order valence-corrected chi connectivity index (χ0v) is 19.4. The Balaban J connectivity index is 1.38. The third-order valence-corrected chi connectivity index (χ3v) is 7.58. The first-order valence-corrected chi connectivity index (χ1v) is 12.3. The van der Waals surface area contributed by atoms with Crippen molar-refractivity contribution in [2.75, 3.05) is 31.6 Å². The summed E-state index contributed by atoms with van der Waals surface area (Å²) in [6.07, 6.45) is 1.61. The van der Waals surface area contributed by atoms with Gasteiger partial charge in [-0.15, -0.1) is 0 Å². The van der Waals surface area contributed by atoms with E-state index in [1.165, 1.54) is 10.4 Å². The number of anilines is 1. The lowest BCUT2D eigenvalue weighted by molar-refractivity contribution is -0.120. The summed E-state index contributed by atoms with van der Waals surface area (Å²) in [6.45, 7) is 7.55. The van der Waals surface area contributed by atoms with Crippen LogP contribution < -0.4 is 14.8 Å². The molecule has 0 atom stereocenters. The van der Waals surface area contributed by atoms with Crippen molar-refractivity contribution in [1.29, 1.82) is 0 Å². The van der Waals surface area contributed by atoms with Crippen LogP contribution in [0.2, 0.25) is 0 Å². The molecule has 1 amide bonds. The SMILES string of the molecule is CC(C)(C)c1cc(NC(=O)C2CCN(S(=O)(=O)c3ccc4c(c3)OCCCO4)CC2)no1. The van der Waals surface area contributed by atoms with Gasteiger partial charge in [-0.25, -0.2) is 8.42 Å². The minimum absolute atomic E-state index is 0.168. The fraction of sp³-hybridized carbons (Fsp3) is 0.545. The highest BCUT2D eigenvalue weighted by Crippen LogP contribution is 2.34. The second kappa shape index (κ2) is 8.74. The second-order valence-corrected chi connectivity index (χ2v) is 11.1. The van der Waals surface area contributed by atoms with E-state index < -0.39 is 10.0 Å². The molecule has 174 valence electrons. The number of amides is 1. The van der Waals surface area contributed by atoms with Gasteiger partial charge in [0.1, 0.15) is 5.76 Å². The molecular weight excluding hydrogens is 434 g/mol. The Bertz CT molecular complexity index is 1080. The Morgan fingerprint density at radius 1 is 1.09 bits per heavy atom. The first kappa shape index (κ1) is 22.6. The lowest BCUT2D eigenvalue weighted by atomic mass is 9.93. The van der Waals surface area contributed by atoms with Gasteiger partial charge >= 0.3 is 0 Å². The van der Waals surface area contributed by atoms with Crippen LogP contribution in [-0.4, -0.2) is 50.1 Å². The highest BCUT2D eigenvalue weighted by Gasteiger charge is 2.33. The molecule has 0 aliphatic carbocycles. The normalized spacial score (nSPS) is 18.2. The van der Waals surface area contributed by atoms with Crippen LogP contribution in [0.3, 0.4) is 0 Å². The number of hydrogen-bond donors (Lipinski definition) is 1. The monoisotopic (exact) mass is 463 g/mol. The average Bonchev–Trinajstić information content (AvgIpc) is 3.11. The van der Waals surface area contributed by atoms with Crippen molar-refractivity contribution in [3.05, 3.63) is 30.0 Å². The Morgan fingerprint density at radius 3 is 2.44 bits per heavy atom. The van der Waals surface area contributed by atoms with Crippen molar-refractivity contribution in [1.82, 2.24) is 9.46 Å². The highest BCUT2D eigenvalue weighted by atomic mass is 32.2. The number of piperidine rings is 1. The largest absolute Gasteiger partial charge is 0.490 e. The summed E-state index contributed by atoms with van der Waals surface area (Å²) in [6, 6.07) is 6.42. The number of carbonyl (C=O) groups excluding carboxylic acids is 1. The zero-order valence-electron chi connectivity index (χ0n) is 18.6. The van der Waals surface area contributed by atoms with E-state index in [2.05, 4.69) is 10.5 Å². The maximum absolute atomic E-state index is 13.1. The van der Waals surface area contributed by atoms with Gasteiger partial charge in [0.2, 0.25) is 15.9 Å². The fourth-order valence-corrected chi connectivity index (χ4v) is 5.21. The van der Waals surface area contributed by atoms with Crippen molar-refractivity contribution in [3.63, 3.8) is 0 Å². The Labute approximate surface area is 188 Å². The molecule has 2 aromatic rings. The molecule has 1 aromatic heterocycles. The highest BCUT2D eigenvalue weighted by molar-refractivity contribution is 7.89. The zero-order chi connectivity index (χ0) is 22.9. The lowest BCUT2D eigenvalue weighted by Crippen LogP contribution is -2.41. The molecule has 1 N–H and O–H groups in total. The topological polar surface area (TPSA) is 111 Å². The molecule has 1 saturated heterocycles. The number of nitrogens with zero attached hydrogens (tertiary/aromatic N) is 2. The van der Waals surface area contributed by atoms with E-state index >= 15 is 0 Å². The van der Waals surface area contributed by atoms with Crippen LogP contribution in [0, 0.1) is 5.92 Å². The van der Waals surface area contributed by atoms with Gasteiger partial charge in [0.15, 0.2) is 17.3 Å². The lowest BCUT2D eigenvalue weighted by Gasteiger charge is -2.30. The smallest absolute Gasteiger partial charge is 0.243 e. The maximum Gasteiger partial charge on any atom is 0.243 e. The van der Waals surface area contributed by atoms with Crippen LogP contribution in [0.5, 0.6) is 11.5 Å². The molecular formula is C22H29N3O6S. The van der Waals surface area contributed by atoms with Gasteiger partial charge in [-0.3, -0.25) is 4.79 Å². The summed E-state index contributed by atoms with van der Waals surface area (Å²) in [5.41, 5.74) is -0.206. The van der Waals surface area contributed by atoms with Crippen LogP contribution in [0.1, 0.15) is 45.8 Å². The van der Waals surface area contributed by atoms with Crippen LogP contribution in [-0.2, 0) is 20.2 Å². The minimum atomic E-state index is -3.69. The number of hydrogen-bond acceptors (Lipinski definition) is 7. The predicted molar refractivity (Wildman–Crippen MR) is 117 cm³/mol. The van der Waals surface area contributed by atoms with E-state index in [0.29, 0.717) is 49.1 Å². The number of aromatic nitrogens is 1. The minimum Gasteiger partial charge on any atom is -0.490 e. The van der Waals surface area contributed by atoms with Gasteiger partial charge in [-0.1, -0.05) is 25.9 Å². The molecule has 1 aromatic carbocycles. The van der Waals surface area contributed by atoms with Gasteiger partial charge in [0, 0.05) is 43.0 Å². The van der Waals surface area contributed by atoms with Gasteiger partial charge in [0.25, 0.3) is 0 Å². The van der Waals surface area contributed by atoms with E-state index in [1.54, 1.807) is 18.2 Å². The molecule has 0 spiro atoms. The van der Waals surface area contributed by atoms with E-state index in [9.17, 15) is 13.2 Å². The van der Waals surface area contributed by atoms with Crippen LogP contribution in [0.15, 0.2) is 33.7 Å². The van der Waals surface area contributed by atoms with Gasteiger partial charge in [-0.2, -0.15) is 4.31 Å². The van der Waals surface area contributed by atoms with Crippen molar-refractivity contribution >= 4 is 21.7 Å². The molecule has 2 aliphatic heterocycles. The van der Waals surface area contributed by atoms with Gasteiger partial charge < -0.3 is 19.3 Å². The summed E-state index contributed by atoms with van der Waals surface area (Å²) in [5.74, 6) is 1.59. The third kappa shape index (κ3) is 4.75. The Hall–Kier alpha value is -2.59. The Kier molecular flexibility index (Phi) is 6.17. The number of fused-ring (bicyclic) bond motifs is 1. The molecule has 2 aliphatic rings. The Morgan fingerprint density at radius 2 is 1.78 bits per heavy atom. The van der Waals surface area contributed by atoms with Crippen molar-refractivity contribution in [2.45, 2.75) is 50.3 Å². The number of benzene rings is 1. The number of rotatable bonds is 4. The number of sulfonamides is 1. The van der Waals surface area contributed by atoms with E-state index in [-0.39, 0.29) is 35.2 Å². The quantitative estimate of drug-likeness (QED) is 0.741. The maximum atomic E-state index is 13.1. The molecule has 9 nitrogen and oxygen atoms in total. The third-order valence-electron chi connectivity index (χ3n) is 5.68. The summed E-state index contributed by atoms with van der Waals surface area (Å²) in [5, 5.41) is 6.71. The molecule has 0 bridgehead atoms. The standard InChI is InChI=1S/C22H29N3O6S/c1-22(2,3)19-14-20(24-31-19)23-21(26)15-7-9-25(10-8-15)32(27,28)16-5-6-17-18(13-16)30-12-4-11-29-17/h5-6,13-15H,4,7-12H2,1-3H3,(H,23,24,26). The molecule has 32 heavy (non-hydrogen) atoms. The molecule has 0 unspecified atom stereocenters. The summed E-state index contributed by atoms with van der Waals surface area (Å²) >= 11 is 0. The molecule has 0 saturated carbocycles. The molecule has 4 rings (SSSR count). The summed E-state index contributed by atoms with van der Waals surface area (Å²) in [7, 11) is -3.69. The molecule has 3 heterocycles. The van der Waals surface area contributed by atoms with Gasteiger partial charge in [-0.05, 0) is 25.0 Å². The summed E-state index contributed by atoms with van der Waals surface area (Å²) in [4.78, 5) is 12.8. The van der Waals surface area contributed by atoms with Crippen molar-refractivity contribution < 1.29 is 27.2 Å². The molecule has 10 heteroatoms. The molecule has 0 radical (unpaired) electrons. The van der Waals surface area contributed by atoms with E-state index in [4.69, 9.17) is 14.0 Å². The first-order valence-electron chi connectivity index (χ1n) is 10.8. The fourth-order valence-electron chi connectivity index (χ4n) is 3.73. The van der Waals surface area contributed by atoms with Crippen LogP contribution in [0.25, 0.3) is 0 Å². The van der Waals surface area contributed by atoms with Crippen molar-refractivity contribution in [3.8, 4) is 11.5 Å². The predicted octanol–water partition coefficient (Wildman–Crippen LogP) is 3.17. The number of nitrogens with one attached hydrogen (secondary N) is 1. The molecule has 1 fully saturated rings. The van der Waals surface area contributed by atoms with Crippen LogP contribution >= 0.6 is 0 Å². The van der Waals surface area contributed by atoms with E-state index in [0.717, 1.165) is 6.42 Å². The summed E-state index contributed by atoms with van der Waals surface area (Å²) < 4.78 is 44.2. The van der Waals surface area contributed by atoms with E-state index in [1.807, 2.05) is 20.8 Å². The van der Waals surface area contributed by atoms with Crippen LogP contribution in [0.4, 0.5) is 5.82 Å². The average molecular weight is 464 g/mol. The number of ether oxygens (including phenoxy) is 2. The number of carbonyl (C=O) groups is 1.